The van der Waals surface area contributed by atoms with Crippen LogP contribution in [0.5, 0.6) is 0 Å². The van der Waals surface area contributed by atoms with Crippen molar-refractivity contribution in [2.24, 2.45) is 28.6 Å². The van der Waals surface area contributed by atoms with Crippen molar-refractivity contribution in [1.82, 2.24) is 4.90 Å². The predicted molar refractivity (Wildman–Crippen MR) is 64.6 cm³/mol. The van der Waals surface area contributed by atoms with E-state index in [4.69, 9.17) is 10.9 Å². The number of nitrogens with two attached hydrogens (primary N) is 1. The van der Waals surface area contributed by atoms with E-state index in [0.29, 0.717) is 19.5 Å². The molecule has 0 aromatic carbocycles. The lowest BCUT2D eigenvalue weighted by atomic mass is 10.0. The van der Waals surface area contributed by atoms with Gasteiger partial charge in [0.15, 0.2) is 0 Å². The number of nitrogens with zero attached hydrogens (tertiary/aromatic N) is 2. The zero-order valence-electron chi connectivity index (χ0n) is 10.3. The van der Waals surface area contributed by atoms with Gasteiger partial charge in [-0.3, -0.25) is 4.79 Å². The Hall–Kier alpha value is -1.26. The molecule has 2 atom stereocenters. The molecule has 0 spiro atoms. The molecule has 2 unspecified atom stereocenters. The summed E-state index contributed by atoms with van der Waals surface area (Å²) in [4.78, 5) is 14.1. The highest BCUT2D eigenvalue weighted by Gasteiger charge is 2.48. The molecule has 0 aliphatic heterocycles. The van der Waals surface area contributed by atoms with E-state index in [2.05, 4.69) is 5.16 Å². The van der Waals surface area contributed by atoms with E-state index in [-0.39, 0.29) is 17.7 Å². The predicted octanol–water partition coefficient (Wildman–Crippen LogP) is 1.02. The van der Waals surface area contributed by atoms with Gasteiger partial charge in [-0.2, -0.15) is 0 Å². The first-order valence-corrected chi connectivity index (χ1v) is 6.40. The van der Waals surface area contributed by atoms with Gasteiger partial charge in [0.1, 0.15) is 5.84 Å². The van der Waals surface area contributed by atoms with Gasteiger partial charge in [0.25, 0.3) is 0 Å². The van der Waals surface area contributed by atoms with Gasteiger partial charge in [-0.15, -0.1) is 0 Å². The quantitative estimate of drug-likeness (QED) is 0.325. The number of hydrogen-bond acceptors (Lipinski definition) is 3. The zero-order valence-corrected chi connectivity index (χ0v) is 10.3. The van der Waals surface area contributed by atoms with Crippen LogP contribution < -0.4 is 5.73 Å². The Bertz CT molecular complexity index is 320. The number of fused-ring (bicyclic) bond motifs is 1. The maximum Gasteiger partial charge on any atom is 0.225 e. The molecular weight excluding hydrogens is 218 g/mol. The van der Waals surface area contributed by atoms with Gasteiger partial charge in [-0.25, -0.2) is 0 Å². The van der Waals surface area contributed by atoms with E-state index in [0.717, 1.165) is 24.7 Å². The molecule has 2 aliphatic carbocycles. The van der Waals surface area contributed by atoms with Crippen molar-refractivity contribution in [2.75, 3.05) is 13.1 Å². The average Bonchev–Trinajstić information content (AvgIpc) is 2.96. The molecule has 0 bridgehead atoms. The van der Waals surface area contributed by atoms with Gasteiger partial charge >= 0.3 is 0 Å². The monoisotopic (exact) mass is 239 g/mol. The summed E-state index contributed by atoms with van der Waals surface area (Å²) in [5, 5.41) is 11.4. The smallest absolute Gasteiger partial charge is 0.225 e. The minimum Gasteiger partial charge on any atom is -0.409 e. The minimum atomic E-state index is 0.186. The van der Waals surface area contributed by atoms with Crippen LogP contribution in [-0.2, 0) is 4.79 Å². The molecule has 2 fully saturated rings. The van der Waals surface area contributed by atoms with Gasteiger partial charge in [0, 0.05) is 25.4 Å². The van der Waals surface area contributed by atoms with Crippen LogP contribution in [0.4, 0.5) is 0 Å². The maximum absolute atomic E-state index is 12.2. The summed E-state index contributed by atoms with van der Waals surface area (Å²) in [7, 11) is 0. The largest absolute Gasteiger partial charge is 0.409 e. The van der Waals surface area contributed by atoms with Crippen molar-refractivity contribution in [3.63, 3.8) is 0 Å². The molecule has 96 valence electrons. The molecule has 17 heavy (non-hydrogen) atoms. The summed E-state index contributed by atoms with van der Waals surface area (Å²) in [6.07, 6.45) is 3.92. The Morgan fingerprint density at radius 3 is 2.59 bits per heavy atom. The van der Waals surface area contributed by atoms with Crippen LogP contribution in [0.15, 0.2) is 5.16 Å². The molecule has 2 rings (SSSR count). The maximum atomic E-state index is 12.2. The van der Waals surface area contributed by atoms with Crippen LogP contribution >= 0.6 is 0 Å². The van der Waals surface area contributed by atoms with Gasteiger partial charge in [0.05, 0.1) is 0 Å². The van der Waals surface area contributed by atoms with Crippen molar-refractivity contribution < 1.29 is 10.0 Å². The van der Waals surface area contributed by atoms with Gasteiger partial charge in [-0.1, -0.05) is 5.16 Å². The van der Waals surface area contributed by atoms with E-state index in [1.807, 2.05) is 11.8 Å². The minimum absolute atomic E-state index is 0.186. The topological polar surface area (TPSA) is 78.9 Å². The van der Waals surface area contributed by atoms with Gasteiger partial charge < -0.3 is 15.8 Å². The number of carbonyl (C=O) groups excluding carboxylic acids is 1. The van der Waals surface area contributed by atoms with E-state index in [9.17, 15) is 4.79 Å². The molecule has 2 aliphatic rings. The highest BCUT2D eigenvalue weighted by Crippen LogP contribution is 2.54. The molecule has 0 radical (unpaired) electrons. The van der Waals surface area contributed by atoms with Crippen molar-refractivity contribution in [3.05, 3.63) is 0 Å². The van der Waals surface area contributed by atoms with E-state index >= 15 is 0 Å². The second kappa shape index (κ2) is 4.94. The third-order valence-electron chi connectivity index (χ3n) is 4.05. The molecule has 0 saturated heterocycles. The molecule has 1 amide bonds. The molecular formula is C12H21N3O2. The molecule has 3 N–H and O–H groups in total. The lowest BCUT2D eigenvalue weighted by Crippen LogP contribution is -2.37. The Morgan fingerprint density at radius 1 is 1.41 bits per heavy atom. The normalized spacial score (nSPS) is 31.1. The van der Waals surface area contributed by atoms with Crippen molar-refractivity contribution in [1.29, 1.82) is 0 Å². The molecule has 0 heterocycles. The van der Waals surface area contributed by atoms with E-state index in [1.165, 1.54) is 6.42 Å². The fourth-order valence-electron chi connectivity index (χ4n) is 2.90. The Labute approximate surface area is 102 Å². The zero-order chi connectivity index (χ0) is 12.4. The first kappa shape index (κ1) is 12.2. The summed E-state index contributed by atoms with van der Waals surface area (Å²) in [5.41, 5.74) is 5.42. The van der Waals surface area contributed by atoms with Crippen LogP contribution in [0.2, 0.25) is 0 Å². The van der Waals surface area contributed by atoms with Crippen LogP contribution in [0.25, 0.3) is 0 Å². The second-order valence-electron chi connectivity index (χ2n) is 5.18. The Balaban J connectivity index is 1.82. The number of amides is 1. The third kappa shape index (κ3) is 2.70. The highest BCUT2D eigenvalue weighted by atomic mass is 16.4. The molecule has 0 aromatic heterocycles. The standard InChI is InChI=1S/C12H21N3O2/c1-2-15(4-3-11(13)14-17)12(16)10-6-8-5-9(8)7-10/h8-10,17H,2-7H2,1H3,(H2,13,14). The van der Waals surface area contributed by atoms with Crippen molar-refractivity contribution >= 4 is 11.7 Å². The number of amidine groups is 1. The Kier molecular flexibility index (Phi) is 3.54. The SMILES string of the molecule is CCN(CCC(N)=NO)C(=O)C1CC2CC2C1. The first-order chi connectivity index (χ1) is 8.15. The van der Waals surface area contributed by atoms with Crippen LogP contribution in [0.1, 0.15) is 32.6 Å². The number of rotatable bonds is 5. The summed E-state index contributed by atoms with van der Waals surface area (Å²) in [6.45, 7) is 3.22. The molecule has 2 saturated carbocycles. The van der Waals surface area contributed by atoms with E-state index < -0.39 is 0 Å². The number of hydrogen-bond donors (Lipinski definition) is 2. The van der Waals surface area contributed by atoms with Gasteiger partial charge in [0.2, 0.25) is 5.91 Å². The summed E-state index contributed by atoms with van der Waals surface area (Å²) >= 11 is 0. The van der Waals surface area contributed by atoms with E-state index in [1.54, 1.807) is 0 Å². The second-order valence-corrected chi connectivity index (χ2v) is 5.18. The molecule has 5 nitrogen and oxygen atoms in total. The van der Waals surface area contributed by atoms with Crippen molar-refractivity contribution in [2.45, 2.75) is 32.6 Å². The Morgan fingerprint density at radius 2 is 2.06 bits per heavy atom. The lowest BCUT2D eigenvalue weighted by molar-refractivity contribution is -0.135. The van der Waals surface area contributed by atoms with Crippen molar-refractivity contribution in [3.8, 4) is 0 Å². The summed E-state index contributed by atoms with van der Waals surface area (Å²) < 4.78 is 0. The number of oxime groups is 1. The summed E-state index contributed by atoms with van der Waals surface area (Å²) in [5.74, 6) is 2.32. The van der Waals surface area contributed by atoms with Crippen LogP contribution in [-0.4, -0.2) is 34.9 Å². The van der Waals surface area contributed by atoms with Gasteiger partial charge in [-0.05, 0) is 38.0 Å². The van der Waals surface area contributed by atoms with Crippen LogP contribution in [0, 0.1) is 17.8 Å². The molecule has 0 aromatic rings. The first-order valence-electron chi connectivity index (χ1n) is 6.40. The fraction of sp³-hybridized carbons (Fsp3) is 0.833. The summed E-state index contributed by atoms with van der Waals surface area (Å²) in [6, 6.07) is 0. The highest BCUT2D eigenvalue weighted by molar-refractivity contribution is 5.82. The molecule has 5 heteroatoms. The fourth-order valence-corrected chi connectivity index (χ4v) is 2.90. The third-order valence-corrected chi connectivity index (χ3v) is 4.05. The lowest BCUT2D eigenvalue weighted by Gasteiger charge is -2.24. The van der Waals surface area contributed by atoms with Crippen LogP contribution in [0.3, 0.4) is 0 Å². The average molecular weight is 239 g/mol. The number of carbonyl (C=O) groups is 1.